The van der Waals surface area contributed by atoms with Gasteiger partial charge in [0.1, 0.15) is 28.6 Å². The molecule has 3 rings (SSSR count). The topological polar surface area (TPSA) is 59.7 Å². The van der Waals surface area contributed by atoms with Gasteiger partial charge in [0.25, 0.3) is 0 Å². The second-order valence-electron chi connectivity index (χ2n) is 8.26. The Labute approximate surface area is 194 Å². The van der Waals surface area contributed by atoms with Gasteiger partial charge in [-0.25, -0.2) is 0 Å². The van der Waals surface area contributed by atoms with Gasteiger partial charge in [-0.05, 0) is 63.1 Å². The molecule has 0 fully saturated rings. The third kappa shape index (κ3) is 6.13. The maximum absolute atomic E-state index is 12.8. The summed E-state index contributed by atoms with van der Waals surface area (Å²) in [5, 5.41) is 9.28. The molecule has 1 heterocycles. The van der Waals surface area contributed by atoms with Crippen LogP contribution in [0.3, 0.4) is 0 Å². The molecule has 0 saturated heterocycles. The molecule has 0 aliphatic rings. The molecule has 1 N–H and O–H groups in total. The van der Waals surface area contributed by atoms with E-state index in [4.69, 9.17) is 9.15 Å². The highest BCUT2D eigenvalue weighted by molar-refractivity contribution is 8.00. The van der Waals surface area contributed by atoms with Crippen molar-refractivity contribution in [3.8, 4) is 17.1 Å². The van der Waals surface area contributed by atoms with E-state index >= 15 is 0 Å². The number of thioether (sulfide) groups is 1. The van der Waals surface area contributed by atoms with E-state index in [2.05, 4.69) is 0 Å². The first-order chi connectivity index (χ1) is 15.4. The van der Waals surface area contributed by atoms with E-state index in [1.54, 1.807) is 26.8 Å². The largest absolute Gasteiger partial charge is 0.488 e. The molecule has 4 nitrogen and oxygen atoms in total. The summed E-state index contributed by atoms with van der Waals surface area (Å²) in [7, 11) is 0. The first kappa shape index (κ1) is 24.8. The fourth-order valence-electron chi connectivity index (χ4n) is 3.00. The van der Waals surface area contributed by atoms with Crippen molar-refractivity contribution in [3.05, 3.63) is 76.5 Å². The van der Waals surface area contributed by atoms with Gasteiger partial charge in [-0.3, -0.25) is 4.79 Å². The molecule has 0 atom stereocenters. The number of carboxylic acid groups (broad SMARTS) is 1. The molecule has 1 aromatic heterocycles. The van der Waals surface area contributed by atoms with Crippen LogP contribution in [-0.2, 0) is 23.3 Å². The van der Waals surface area contributed by atoms with Crippen molar-refractivity contribution < 1.29 is 32.2 Å². The maximum Gasteiger partial charge on any atom is 0.416 e. The number of alkyl halides is 3. The second-order valence-corrected chi connectivity index (χ2v) is 9.86. The van der Waals surface area contributed by atoms with Crippen molar-refractivity contribution in [1.29, 1.82) is 0 Å². The number of hydrogen-bond acceptors (Lipinski definition) is 4. The smallest absolute Gasteiger partial charge is 0.416 e. The van der Waals surface area contributed by atoms with Crippen LogP contribution < -0.4 is 4.74 Å². The molecule has 0 aliphatic carbocycles. The van der Waals surface area contributed by atoms with Gasteiger partial charge in [-0.2, -0.15) is 13.2 Å². The average Bonchev–Trinajstić information content (AvgIpc) is 3.12. The fraction of sp³-hybridized carbons (Fsp3) is 0.320. The van der Waals surface area contributed by atoms with E-state index in [0.29, 0.717) is 28.6 Å². The van der Waals surface area contributed by atoms with E-state index in [9.17, 15) is 23.1 Å². The Bertz CT molecular complexity index is 1130. The highest BCUT2D eigenvalue weighted by Crippen LogP contribution is 2.33. The Hall–Kier alpha value is -2.87. The van der Waals surface area contributed by atoms with Gasteiger partial charge in [0.2, 0.25) is 0 Å². The maximum atomic E-state index is 12.8. The molecule has 33 heavy (non-hydrogen) atoms. The molecule has 0 unspecified atom stereocenters. The molecular formula is C25H25F3O4S. The minimum Gasteiger partial charge on any atom is -0.488 e. The minimum absolute atomic E-state index is 0.230. The average molecular weight is 479 g/mol. The van der Waals surface area contributed by atoms with E-state index in [1.807, 2.05) is 25.1 Å². The van der Waals surface area contributed by atoms with E-state index in [0.717, 1.165) is 28.8 Å². The first-order valence-corrected chi connectivity index (χ1v) is 11.2. The van der Waals surface area contributed by atoms with E-state index < -0.39 is 22.5 Å². The number of carbonyl (C=O) groups is 1. The van der Waals surface area contributed by atoms with Crippen LogP contribution in [0.1, 0.15) is 41.9 Å². The lowest BCUT2D eigenvalue weighted by molar-refractivity contribution is -0.139. The Morgan fingerprint density at radius 1 is 1.06 bits per heavy atom. The monoisotopic (exact) mass is 478 g/mol. The van der Waals surface area contributed by atoms with Crippen molar-refractivity contribution >= 4 is 17.7 Å². The van der Waals surface area contributed by atoms with Gasteiger partial charge < -0.3 is 14.3 Å². The Morgan fingerprint density at radius 2 is 1.73 bits per heavy atom. The molecule has 0 saturated carbocycles. The predicted octanol–water partition coefficient (Wildman–Crippen LogP) is 7.26. The van der Waals surface area contributed by atoms with Crippen LogP contribution in [0, 0.1) is 13.8 Å². The van der Waals surface area contributed by atoms with Crippen LogP contribution >= 0.6 is 11.8 Å². The number of halogens is 3. The molecule has 0 aliphatic heterocycles. The molecule has 0 amide bonds. The van der Waals surface area contributed by atoms with Crippen molar-refractivity contribution in [2.75, 3.05) is 0 Å². The number of benzene rings is 2. The lowest BCUT2D eigenvalue weighted by Gasteiger charge is -2.18. The highest BCUT2D eigenvalue weighted by atomic mass is 32.2. The summed E-state index contributed by atoms with van der Waals surface area (Å²) in [5.41, 5.74) is 2.51. The van der Waals surface area contributed by atoms with Gasteiger partial charge in [-0.1, -0.05) is 24.3 Å². The van der Waals surface area contributed by atoms with Gasteiger partial charge in [0.05, 0.1) is 5.56 Å². The van der Waals surface area contributed by atoms with Gasteiger partial charge in [0, 0.05) is 16.9 Å². The summed E-state index contributed by atoms with van der Waals surface area (Å²) < 4.78 is 49.2. The van der Waals surface area contributed by atoms with Crippen LogP contribution in [-0.4, -0.2) is 15.8 Å². The van der Waals surface area contributed by atoms with Crippen LogP contribution in [0.2, 0.25) is 0 Å². The Morgan fingerprint density at radius 3 is 2.33 bits per heavy atom. The SMILES string of the molecule is Cc1ccc(CSC(C)(C)C(=O)O)cc1OCc1cc(-c2ccc(C(F)(F)F)cc2)oc1C. The van der Waals surface area contributed by atoms with Crippen LogP contribution in [0.5, 0.6) is 5.75 Å². The molecule has 3 aromatic rings. The highest BCUT2D eigenvalue weighted by Gasteiger charge is 2.30. The zero-order valence-electron chi connectivity index (χ0n) is 18.7. The lowest BCUT2D eigenvalue weighted by atomic mass is 10.1. The van der Waals surface area contributed by atoms with Crippen LogP contribution in [0.15, 0.2) is 52.9 Å². The summed E-state index contributed by atoms with van der Waals surface area (Å²) in [5.74, 6) is 1.43. The van der Waals surface area contributed by atoms with Crippen molar-refractivity contribution in [1.82, 2.24) is 0 Å². The second kappa shape index (κ2) is 9.55. The number of hydrogen-bond donors (Lipinski definition) is 1. The molecule has 0 bridgehead atoms. The summed E-state index contributed by atoms with van der Waals surface area (Å²) in [6.07, 6.45) is -4.38. The third-order valence-electron chi connectivity index (χ3n) is 5.27. The number of aliphatic carboxylic acids is 1. The van der Waals surface area contributed by atoms with E-state index in [-0.39, 0.29) is 6.61 Å². The number of aryl methyl sites for hydroxylation is 2. The molecular weight excluding hydrogens is 453 g/mol. The zero-order valence-corrected chi connectivity index (χ0v) is 19.6. The van der Waals surface area contributed by atoms with Crippen molar-refractivity contribution in [3.63, 3.8) is 0 Å². The summed E-state index contributed by atoms with van der Waals surface area (Å²) in [6.45, 7) is 7.26. The third-order valence-corrected chi connectivity index (χ3v) is 6.64. The lowest BCUT2D eigenvalue weighted by Crippen LogP contribution is -2.27. The molecule has 176 valence electrons. The summed E-state index contributed by atoms with van der Waals surface area (Å²) in [6, 6.07) is 12.4. The number of furan rings is 1. The predicted molar refractivity (Wildman–Crippen MR) is 122 cm³/mol. The molecule has 8 heteroatoms. The summed E-state index contributed by atoms with van der Waals surface area (Å²) >= 11 is 1.33. The fourth-order valence-corrected chi connectivity index (χ4v) is 3.83. The Balaban J connectivity index is 1.70. The van der Waals surface area contributed by atoms with E-state index in [1.165, 1.54) is 23.9 Å². The van der Waals surface area contributed by atoms with Crippen LogP contribution in [0.25, 0.3) is 11.3 Å². The number of rotatable bonds is 8. The van der Waals surface area contributed by atoms with Gasteiger partial charge >= 0.3 is 12.1 Å². The standard InChI is InChI=1S/C25H25F3O4S/c1-15-5-6-17(14-33-24(3,4)23(29)30)11-21(15)31-13-19-12-22(32-16(19)2)18-7-9-20(10-8-18)25(26,27)28/h5-12H,13-14H2,1-4H3,(H,29,30). The van der Waals surface area contributed by atoms with Gasteiger partial charge in [-0.15, -0.1) is 11.8 Å². The molecule has 0 spiro atoms. The van der Waals surface area contributed by atoms with Crippen molar-refractivity contribution in [2.45, 2.75) is 51.0 Å². The molecule has 2 aromatic carbocycles. The quantitative estimate of drug-likeness (QED) is 0.369. The van der Waals surface area contributed by atoms with Crippen molar-refractivity contribution in [2.24, 2.45) is 0 Å². The normalized spacial score (nSPS) is 12.1. The molecule has 0 radical (unpaired) electrons. The number of carboxylic acids is 1. The Kier molecular flexibility index (Phi) is 7.17. The van der Waals surface area contributed by atoms with Crippen LogP contribution in [0.4, 0.5) is 13.2 Å². The minimum atomic E-state index is -4.38. The first-order valence-electron chi connectivity index (χ1n) is 10.2. The zero-order chi connectivity index (χ0) is 24.4. The summed E-state index contributed by atoms with van der Waals surface area (Å²) in [4.78, 5) is 11.3. The number of ether oxygens (including phenoxy) is 1. The van der Waals surface area contributed by atoms with Gasteiger partial charge in [0.15, 0.2) is 0 Å².